The van der Waals surface area contributed by atoms with E-state index in [0.717, 1.165) is 42.7 Å². The Labute approximate surface area is 204 Å². The molecule has 2 aliphatic rings. The first-order valence-corrected chi connectivity index (χ1v) is 12.3. The molecule has 0 aliphatic carbocycles. The molecule has 1 fully saturated rings. The molecule has 6 heteroatoms. The molecular weight excluding hydrogens is 442 g/mol. The maximum absolute atomic E-state index is 12.6. The normalized spacial score (nSPS) is 17.9. The van der Waals surface area contributed by atoms with Crippen LogP contribution in [-0.2, 0) is 4.79 Å². The lowest BCUT2D eigenvalue weighted by atomic mass is 9.96. The van der Waals surface area contributed by atoms with Gasteiger partial charge in [-0.15, -0.1) is 0 Å². The lowest BCUT2D eigenvalue weighted by Gasteiger charge is -2.40. The maximum atomic E-state index is 12.6. The van der Waals surface area contributed by atoms with E-state index >= 15 is 0 Å². The van der Waals surface area contributed by atoms with Crippen LogP contribution in [0.3, 0.4) is 0 Å². The molecule has 0 N–H and O–H groups in total. The van der Waals surface area contributed by atoms with E-state index in [1.165, 1.54) is 22.9 Å². The monoisotopic (exact) mass is 469 g/mol. The number of rotatable bonds is 5. The summed E-state index contributed by atoms with van der Waals surface area (Å²) in [6.07, 6.45) is 1.87. The molecule has 1 saturated heterocycles. The number of carbonyl (C=O) groups is 1. The molecule has 3 aromatic rings. The van der Waals surface area contributed by atoms with Crippen molar-refractivity contribution in [2.24, 2.45) is 4.99 Å². The van der Waals surface area contributed by atoms with Crippen molar-refractivity contribution < 1.29 is 9.53 Å². The molecule has 3 aromatic carbocycles. The van der Waals surface area contributed by atoms with Crippen molar-refractivity contribution >= 4 is 28.9 Å². The fraction of sp³-hybridized carbons (Fsp3) is 0.214. The Bertz CT molecular complexity index is 1160. The van der Waals surface area contributed by atoms with Crippen molar-refractivity contribution in [2.45, 2.75) is 6.04 Å². The van der Waals surface area contributed by atoms with Gasteiger partial charge in [-0.1, -0.05) is 78.9 Å². The largest absolute Gasteiger partial charge is 0.496 e. The smallest absolute Gasteiger partial charge is 0.286 e. The quantitative estimate of drug-likeness (QED) is 0.488. The molecule has 5 nitrogen and oxygen atoms in total. The van der Waals surface area contributed by atoms with Crippen LogP contribution in [0.1, 0.15) is 22.7 Å². The van der Waals surface area contributed by atoms with Gasteiger partial charge in [0.25, 0.3) is 5.91 Å². The zero-order valence-electron chi connectivity index (χ0n) is 19.1. The van der Waals surface area contributed by atoms with E-state index in [1.54, 1.807) is 7.11 Å². The summed E-state index contributed by atoms with van der Waals surface area (Å²) in [7, 11) is 1.64. The van der Waals surface area contributed by atoms with Gasteiger partial charge in [0, 0.05) is 31.7 Å². The SMILES string of the molecule is COc1ccccc1C=C1SC(N2CCN(C(c3ccccc3)c3ccccc3)CC2)=NC1=O. The zero-order chi connectivity index (χ0) is 23.3. The average Bonchev–Trinajstić information content (AvgIpc) is 3.26. The second kappa shape index (κ2) is 10.3. The standard InChI is InChI=1S/C28H27N3O2S/c1-33-24-15-9-8-14-23(24)20-25-27(32)29-28(34-25)31-18-16-30(17-19-31)26(21-10-4-2-5-11-21)22-12-6-3-7-13-22/h2-15,20,26H,16-19H2,1H3. The number of ether oxygens (including phenoxy) is 1. The lowest BCUT2D eigenvalue weighted by molar-refractivity contribution is -0.113. The fourth-order valence-electron chi connectivity index (χ4n) is 4.52. The van der Waals surface area contributed by atoms with Crippen molar-refractivity contribution in [2.75, 3.05) is 33.3 Å². The number of thioether (sulfide) groups is 1. The highest BCUT2D eigenvalue weighted by atomic mass is 32.2. The first-order valence-electron chi connectivity index (χ1n) is 11.5. The molecule has 2 heterocycles. The number of hydrogen-bond donors (Lipinski definition) is 0. The summed E-state index contributed by atoms with van der Waals surface area (Å²) in [5, 5.41) is 0.793. The van der Waals surface area contributed by atoms with Crippen LogP contribution in [-0.4, -0.2) is 54.2 Å². The van der Waals surface area contributed by atoms with E-state index in [2.05, 4.69) is 75.5 Å². The Hall–Kier alpha value is -3.35. The van der Waals surface area contributed by atoms with Crippen LogP contribution in [0, 0.1) is 0 Å². The number of para-hydroxylation sites is 1. The summed E-state index contributed by atoms with van der Waals surface area (Å²) in [6.45, 7) is 3.45. The van der Waals surface area contributed by atoms with Crippen LogP contribution in [0.4, 0.5) is 0 Å². The van der Waals surface area contributed by atoms with E-state index in [-0.39, 0.29) is 11.9 Å². The summed E-state index contributed by atoms with van der Waals surface area (Å²) < 4.78 is 5.42. The van der Waals surface area contributed by atoms with Gasteiger partial charge in [0.1, 0.15) is 5.75 Å². The number of benzene rings is 3. The van der Waals surface area contributed by atoms with Gasteiger partial charge in [-0.05, 0) is 35.0 Å². The number of methoxy groups -OCH3 is 1. The minimum absolute atomic E-state index is 0.181. The van der Waals surface area contributed by atoms with Gasteiger partial charge in [0.05, 0.1) is 18.1 Å². The van der Waals surface area contributed by atoms with Crippen LogP contribution in [0.5, 0.6) is 5.75 Å². The van der Waals surface area contributed by atoms with Crippen molar-refractivity contribution in [3.05, 3.63) is 107 Å². The highest BCUT2D eigenvalue weighted by molar-refractivity contribution is 8.18. The van der Waals surface area contributed by atoms with Crippen molar-refractivity contribution in [1.82, 2.24) is 9.80 Å². The Balaban J connectivity index is 1.29. The van der Waals surface area contributed by atoms with Crippen molar-refractivity contribution in [3.63, 3.8) is 0 Å². The molecule has 0 unspecified atom stereocenters. The van der Waals surface area contributed by atoms with Gasteiger partial charge in [0.15, 0.2) is 5.17 Å². The average molecular weight is 470 g/mol. The summed E-state index contributed by atoms with van der Waals surface area (Å²) in [5.74, 6) is 0.568. The van der Waals surface area contributed by atoms with E-state index in [0.29, 0.717) is 4.91 Å². The topological polar surface area (TPSA) is 45.1 Å². The molecule has 34 heavy (non-hydrogen) atoms. The molecule has 0 radical (unpaired) electrons. The molecule has 0 spiro atoms. The number of carbonyl (C=O) groups excluding carboxylic acids is 1. The number of piperazine rings is 1. The Morgan fingerprint density at radius 2 is 1.44 bits per heavy atom. The molecular formula is C28H27N3O2S. The van der Waals surface area contributed by atoms with E-state index in [9.17, 15) is 4.79 Å². The lowest BCUT2D eigenvalue weighted by Crippen LogP contribution is -2.49. The third-order valence-electron chi connectivity index (χ3n) is 6.22. The van der Waals surface area contributed by atoms with Crippen molar-refractivity contribution in [1.29, 1.82) is 0 Å². The Morgan fingerprint density at radius 3 is 2.06 bits per heavy atom. The number of amidine groups is 1. The number of amides is 1. The zero-order valence-corrected chi connectivity index (χ0v) is 19.9. The molecule has 0 aromatic heterocycles. The van der Waals surface area contributed by atoms with Gasteiger partial charge in [-0.25, -0.2) is 0 Å². The fourth-order valence-corrected chi connectivity index (χ4v) is 5.47. The van der Waals surface area contributed by atoms with Crippen LogP contribution in [0.2, 0.25) is 0 Å². The van der Waals surface area contributed by atoms with Crippen LogP contribution in [0.15, 0.2) is 94.8 Å². The summed E-state index contributed by atoms with van der Waals surface area (Å²) in [6, 6.07) is 29.3. The highest BCUT2D eigenvalue weighted by Crippen LogP contribution is 2.34. The molecule has 172 valence electrons. The second-order valence-corrected chi connectivity index (χ2v) is 9.31. The second-order valence-electron chi connectivity index (χ2n) is 8.30. The molecule has 0 saturated carbocycles. The summed E-state index contributed by atoms with van der Waals surface area (Å²) in [5.41, 5.74) is 3.48. The van der Waals surface area contributed by atoms with E-state index < -0.39 is 0 Å². The van der Waals surface area contributed by atoms with Gasteiger partial charge in [-0.2, -0.15) is 4.99 Å². The third-order valence-corrected chi connectivity index (χ3v) is 7.26. The minimum atomic E-state index is -0.181. The molecule has 1 amide bonds. The molecule has 2 aliphatic heterocycles. The first kappa shape index (κ1) is 22.4. The summed E-state index contributed by atoms with van der Waals surface area (Å²) in [4.78, 5) is 22.4. The summed E-state index contributed by atoms with van der Waals surface area (Å²) >= 11 is 1.46. The predicted molar refractivity (Wildman–Crippen MR) is 139 cm³/mol. The highest BCUT2D eigenvalue weighted by Gasteiger charge is 2.31. The first-order chi connectivity index (χ1) is 16.7. The van der Waals surface area contributed by atoms with E-state index in [4.69, 9.17) is 4.74 Å². The number of aliphatic imine (C=N–C) groups is 1. The number of nitrogens with zero attached hydrogens (tertiary/aromatic N) is 3. The van der Waals surface area contributed by atoms with Crippen molar-refractivity contribution in [3.8, 4) is 5.75 Å². The van der Waals surface area contributed by atoms with Gasteiger partial charge >= 0.3 is 0 Å². The third kappa shape index (κ3) is 4.79. The van der Waals surface area contributed by atoms with Crippen LogP contribution < -0.4 is 4.74 Å². The Kier molecular flexibility index (Phi) is 6.79. The molecule has 0 atom stereocenters. The molecule has 0 bridgehead atoms. The van der Waals surface area contributed by atoms with Gasteiger partial charge in [-0.3, -0.25) is 9.69 Å². The molecule has 5 rings (SSSR count). The van der Waals surface area contributed by atoms with E-state index in [1.807, 2.05) is 30.3 Å². The van der Waals surface area contributed by atoms with Crippen LogP contribution >= 0.6 is 11.8 Å². The Morgan fingerprint density at radius 1 is 0.853 bits per heavy atom. The number of hydrogen-bond acceptors (Lipinski definition) is 5. The minimum Gasteiger partial charge on any atom is -0.496 e. The predicted octanol–water partition coefficient (Wildman–Crippen LogP) is 5.07. The maximum Gasteiger partial charge on any atom is 0.286 e. The van der Waals surface area contributed by atoms with Gasteiger partial charge < -0.3 is 9.64 Å². The van der Waals surface area contributed by atoms with Gasteiger partial charge in [0.2, 0.25) is 0 Å². The van der Waals surface area contributed by atoms with Crippen LogP contribution in [0.25, 0.3) is 6.08 Å².